The molecule has 3 rings (SSSR count). The standard InChI is InChI=1S/C17H19ClN2O4/c18-12-4-3-11-8-15(19-14(11)9-12)17(23)20(6-5-16(21)22)10-13-2-1-7-24-13/h3-4,8-9,13,19H,1-2,5-7,10H2,(H,21,22)/t13-/m0/s1. The largest absolute Gasteiger partial charge is 0.481 e. The summed E-state index contributed by atoms with van der Waals surface area (Å²) in [5.74, 6) is -1.15. The van der Waals surface area contributed by atoms with Gasteiger partial charge in [-0.1, -0.05) is 17.7 Å². The lowest BCUT2D eigenvalue weighted by molar-refractivity contribution is -0.137. The normalized spacial score (nSPS) is 17.3. The van der Waals surface area contributed by atoms with E-state index in [0.717, 1.165) is 23.7 Å². The van der Waals surface area contributed by atoms with E-state index >= 15 is 0 Å². The highest BCUT2D eigenvalue weighted by Crippen LogP contribution is 2.21. The van der Waals surface area contributed by atoms with Crippen LogP contribution in [-0.2, 0) is 9.53 Å². The van der Waals surface area contributed by atoms with E-state index in [4.69, 9.17) is 21.4 Å². The number of carboxylic acid groups (broad SMARTS) is 1. The van der Waals surface area contributed by atoms with Crippen molar-refractivity contribution in [2.24, 2.45) is 0 Å². The molecule has 6 nitrogen and oxygen atoms in total. The van der Waals surface area contributed by atoms with Crippen LogP contribution in [0.2, 0.25) is 5.02 Å². The molecule has 0 saturated carbocycles. The summed E-state index contributed by atoms with van der Waals surface area (Å²) in [7, 11) is 0. The van der Waals surface area contributed by atoms with Gasteiger partial charge in [0.1, 0.15) is 5.69 Å². The summed E-state index contributed by atoms with van der Waals surface area (Å²) in [5.41, 5.74) is 1.21. The van der Waals surface area contributed by atoms with E-state index in [-0.39, 0.29) is 25.0 Å². The molecule has 0 bridgehead atoms. The molecule has 0 unspecified atom stereocenters. The lowest BCUT2D eigenvalue weighted by atomic mass is 10.2. The molecule has 1 aliphatic rings. The van der Waals surface area contributed by atoms with Crippen molar-refractivity contribution in [1.82, 2.24) is 9.88 Å². The molecule has 2 heterocycles. The Morgan fingerprint density at radius 2 is 2.21 bits per heavy atom. The van der Waals surface area contributed by atoms with Crippen molar-refractivity contribution in [3.05, 3.63) is 35.0 Å². The van der Waals surface area contributed by atoms with Crippen molar-refractivity contribution in [2.45, 2.75) is 25.4 Å². The predicted octanol–water partition coefficient (Wildman–Crippen LogP) is 2.92. The molecule has 2 N–H and O–H groups in total. The fourth-order valence-corrected chi connectivity index (χ4v) is 3.10. The van der Waals surface area contributed by atoms with E-state index in [9.17, 15) is 9.59 Å². The van der Waals surface area contributed by atoms with E-state index in [0.29, 0.717) is 23.9 Å². The summed E-state index contributed by atoms with van der Waals surface area (Å²) in [6, 6.07) is 7.12. The second kappa shape index (κ2) is 7.23. The van der Waals surface area contributed by atoms with Crippen LogP contribution in [0.3, 0.4) is 0 Å². The van der Waals surface area contributed by atoms with Gasteiger partial charge in [0.2, 0.25) is 0 Å². The number of aliphatic carboxylic acids is 1. The van der Waals surface area contributed by atoms with Crippen LogP contribution >= 0.6 is 11.6 Å². The Morgan fingerprint density at radius 1 is 1.38 bits per heavy atom. The van der Waals surface area contributed by atoms with Gasteiger partial charge in [0, 0.05) is 35.6 Å². The molecule has 7 heteroatoms. The number of aromatic amines is 1. The van der Waals surface area contributed by atoms with Gasteiger partial charge < -0.3 is 19.7 Å². The lowest BCUT2D eigenvalue weighted by Crippen LogP contribution is -2.39. The van der Waals surface area contributed by atoms with Crippen LogP contribution in [0, 0.1) is 0 Å². The molecule has 1 aromatic heterocycles. The Kier molecular flexibility index (Phi) is 5.06. The smallest absolute Gasteiger partial charge is 0.305 e. The number of rotatable bonds is 6. The first kappa shape index (κ1) is 16.8. The van der Waals surface area contributed by atoms with Gasteiger partial charge in [-0.3, -0.25) is 9.59 Å². The van der Waals surface area contributed by atoms with Gasteiger partial charge in [-0.2, -0.15) is 0 Å². The molecule has 1 saturated heterocycles. The molecular formula is C17H19ClN2O4. The van der Waals surface area contributed by atoms with Crippen molar-refractivity contribution in [3.8, 4) is 0 Å². The van der Waals surface area contributed by atoms with Crippen LogP contribution in [0.1, 0.15) is 29.8 Å². The van der Waals surface area contributed by atoms with Crippen molar-refractivity contribution < 1.29 is 19.4 Å². The Balaban J connectivity index is 1.80. The van der Waals surface area contributed by atoms with Gasteiger partial charge in [0.15, 0.2) is 0 Å². The van der Waals surface area contributed by atoms with Gasteiger partial charge in [-0.15, -0.1) is 0 Å². The van der Waals surface area contributed by atoms with Crippen molar-refractivity contribution in [3.63, 3.8) is 0 Å². The zero-order valence-corrected chi connectivity index (χ0v) is 13.9. The van der Waals surface area contributed by atoms with Gasteiger partial charge in [-0.25, -0.2) is 0 Å². The maximum Gasteiger partial charge on any atom is 0.305 e. The highest BCUT2D eigenvalue weighted by molar-refractivity contribution is 6.31. The van der Waals surface area contributed by atoms with Crippen molar-refractivity contribution in [2.75, 3.05) is 19.7 Å². The number of aromatic nitrogens is 1. The number of amides is 1. The van der Waals surface area contributed by atoms with Crippen LogP contribution in [0.15, 0.2) is 24.3 Å². The molecule has 1 fully saturated rings. The van der Waals surface area contributed by atoms with Crippen LogP contribution in [-0.4, -0.2) is 52.7 Å². The highest BCUT2D eigenvalue weighted by Gasteiger charge is 2.24. The van der Waals surface area contributed by atoms with Crippen molar-refractivity contribution in [1.29, 1.82) is 0 Å². The van der Waals surface area contributed by atoms with Gasteiger partial charge >= 0.3 is 5.97 Å². The topological polar surface area (TPSA) is 82.6 Å². The van der Waals surface area contributed by atoms with Gasteiger partial charge in [0.05, 0.1) is 12.5 Å². The molecular weight excluding hydrogens is 332 g/mol. The quantitative estimate of drug-likeness (QED) is 0.839. The number of carboxylic acids is 1. The highest BCUT2D eigenvalue weighted by atomic mass is 35.5. The maximum atomic E-state index is 12.8. The summed E-state index contributed by atoms with van der Waals surface area (Å²) in [4.78, 5) is 28.3. The summed E-state index contributed by atoms with van der Waals surface area (Å²) in [6.45, 7) is 1.25. The van der Waals surface area contributed by atoms with E-state index in [2.05, 4.69) is 4.98 Å². The molecule has 24 heavy (non-hydrogen) atoms. The third kappa shape index (κ3) is 3.88. The summed E-state index contributed by atoms with van der Waals surface area (Å²) in [5, 5.41) is 10.4. The zero-order chi connectivity index (χ0) is 17.1. The first-order valence-corrected chi connectivity index (χ1v) is 8.31. The Bertz CT molecular complexity index is 752. The molecule has 0 spiro atoms. The number of ether oxygens (including phenoxy) is 1. The molecule has 0 radical (unpaired) electrons. The fraction of sp³-hybridized carbons (Fsp3) is 0.412. The number of nitrogens with one attached hydrogen (secondary N) is 1. The maximum absolute atomic E-state index is 12.8. The van der Waals surface area contributed by atoms with E-state index in [1.165, 1.54) is 0 Å². The van der Waals surface area contributed by atoms with E-state index < -0.39 is 5.97 Å². The number of halogens is 1. The van der Waals surface area contributed by atoms with E-state index in [1.807, 2.05) is 6.07 Å². The van der Waals surface area contributed by atoms with Crippen molar-refractivity contribution >= 4 is 34.4 Å². The SMILES string of the molecule is O=C(O)CCN(C[C@@H]1CCCO1)C(=O)c1cc2ccc(Cl)cc2[nH]1. The number of benzene rings is 1. The van der Waals surface area contributed by atoms with Crippen LogP contribution in [0.4, 0.5) is 0 Å². The van der Waals surface area contributed by atoms with Crippen LogP contribution in [0.5, 0.6) is 0 Å². The molecule has 1 atom stereocenters. The number of nitrogens with zero attached hydrogens (tertiary/aromatic N) is 1. The van der Waals surface area contributed by atoms with Gasteiger partial charge in [0.25, 0.3) is 5.91 Å². The first-order chi connectivity index (χ1) is 11.5. The molecule has 0 aliphatic carbocycles. The molecule has 1 amide bonds. The number of fused-ring (bicyclic) bond motifs is 1. The summed E-state index contributed by atoms with van der Waals surface area (Å²) < 4.78 is 5.58. The lowest BCUT2D eigenvalue weighted by Gasteiger charge is -2.24. The monoisotopic (exact) mass is 350 g/mol. The molecule has 2 aromatic rings. The minimum absolute atomic E-state index is 0.0263. The minimum atomic E-state index is -0.927. The average molecular weight is 351 g/mol. The Labute approximate surface area is 144 Å². The summed E-state index contributed by atoms with van der Waals surface area (Å²) in [6.07, 6.45) is 1.74. The first-order valence-electron chi connectivity index (χ1n) is 7.94. The van der Waals surface area contributed by atoms with Crippen LogP contribution in [0.25, 0.3) is 10.9 Å². The number of hydrogen-bond donors (Lipinski definition) is 2. The number of carbonyl (C=O) groups is 2. The van der Waals surface area contributed by atoms with Crippen LogP contribution < -0.4 is 0 Å². The molecule has 128 valence electrons. The zero-order valence-electron chi connectivity index (χ0n) is 13.1. The average Bonchev–Trinajstić information content (AvgIpc) is 3.19. The van der Waals surface area contributed by atoms with Gasteiger partial charge in [-0.05, 0) is 31.0 Å². The third-order valence-corrected chi connectivity index (χ3v) is 4.38. The number of carbonyl (C=O) groups excluding carboxylic acids is 1. The molecule has 1 aliphatic heterocycles. The Morgan fingerprint density at radius 3 is 2.92 bits per heavy atom. The number of H-pyrrole nitrogens is 1. The third-order valence-electron chi connectivity index (χ3n) is 4.15. The van der Waals surface area contributed by atoms with E-state index in [1.54, 1.807) is 23.1 Å². The minimum Gasteiger partial charge on any atom is -0.481 e. The summed E-state index contributed by atoms with van der Waals surface area (Å²) >= 11 is 5.97. The Hall–Kier alpha value is -2.05. The predicted molar refractivity (Wildman–Crippen MR) is 90.4 cm³/mol. The fourth-order valence-electron chi connectivity index (χ4n) is 2.93. The number of hydrogen-bond acceptors (Lipinski definition) is 3. The second-order valence-corrected chi connectivity index (χ2v) is 6.38. The second-order valence-electron chi connectivity index (χ2n) is 5.94. The molecule has 1 aromatic carbocycles.